The Morgan fingerprint density at radius 1 is 1.32 bits per heavy atom. The summed E-state index contributed by atoms with van der Waals surface area (Å²) in [6.07, 6.45) is 3.37. The van der Waals surface area contributed by atoms with Gasteiger partial charge in [-0.3, -0.25) is 4.79 Å². The smallest absolute Gasteiger partial charge is 0.272 e. The molecular formula is C14H22N4O. The Hall–Kier alpha value is -1.49. The summed E-state index contributed by atoms with van der Waals surface area (Å²) in [4.78, 5) is 12.1. The fraction of sp³-hybridized carbons (Fsp3) is 0.643. The number of carbonyl (C=O) groups is 1. The number of amides is 1. The highest BCUT2D eigenvalue weighted by Crippen LogP contribution is 2.28. The molecule has 1 aromatic heterocycles. The van der Waals surface area contributed by atoms with E-state index in [1.807, 2.05) is 0 Å². The second-order valence-corrected chi connectivity index (χ2v) is 6.58. The minimum absolute atomic E-state index is 0.0159. The van der Waals surface area contributed by atoms with Gasteiger partial charge in [-0.15, -0.1) is 5.10 Å². The minimum atomic E-state index is -0.147. The first-order valence-electron chi connectivity index (χ1n) is 6.65. The van der Waals surface area contributed by atoms with Crippen molar-refractivity contribution in [2.24, 2.45) is 0 Å². The zero-order chi connectivity index (χ0) is 14.1. The third-order valence-corrected chi connectivity index (χ3v) is 3.33. The summed E-state index contributed by atoms with van der Waals surface area (Å²) in [5, 5.41) is 14.2. The second-order valence-electron chi connectivity index (χ2n) is 6.58. The summed E-state index contributed by atoms with van der Waals surface area (Å²) in [6, 6.07) is 3.55. The van der Waals surface area contributed by atoms with E-state index in [0.717, 1.165) is 12.8 Å². The lowest BCUT2D eigenvalue weighted by Gasteiger charge is -2.46. The van der Waals surface area contributed by atoms with Crippen LogP contribution in [0.2, 0.25) is 0 Å². The highest BCUT2D eigenvalue weighted by Gasteiger charge is 2.38. The van der Waals surface area contributed by atoms with Crippen LogP contribution in [0.1, 0.15) is 51.0 Å². The van der Waals surface area contributed by atoms with Gasteiger partial charge in [0.15, 0.2) is 5.69 Å². The number of piperidine rings is 1. The Bertz CT molecular complexity index is 440. The molecule has 1 fully saturated rings. The lowest BCUT2D eigenvalue weighted by Crippen LogP contribution is -2.62. The molecule has 2 rings (SSSR count). The summed E-state index contributed by atoms with van der Waals surface area (Å²) in [5.41, 5.74) is 0.404. The van der Waals surface area contributed by atoms with Gasteiger partial charge in [0.25, 0.3) is 5.91 Å². The zero-order valence-electron chi connectivity index (χ0n) is 12.0. The lowest BCUT2D eigenvalue weighted by atomic mass is 9.79. The zero-order valence-corrected chi connectivity index (χ0v) is 12.0. The van der Waals surface area contributed by atoms with Gasteiger partial charge in [0, 0.05) is 23.3 Å². The van der Waals surface area contributed by atoms with Crippen molar-refractivity contribution in [2.45, 2.75) is 57.7 Å². The molecule has 1 aromatic rings. The van der Waals surface area contributed by atoms with Gasteiger partial charge >= 0.3 is 0 Å². The van der Waals surface area contributed by atoms with Crippen LogP contribution in [0.25, 0.3) is 0 Å². The Balaban J connectivity index is 2.05. The first-order chi connectivity index (χ1) is 8.77. The van der Waals surface area contributed by atoms with Crippen molar-refractivity contribution >= 4 is 5.91 Å². The fourth-order valence-electron chi connectivity index (χ4n) is 3.11. The summed E-state index contributed by atoms with van der Waals surface area (Å²) >= 11 is 0. The van der Waals surface area contributed by atoms with Gasteiger partial charge in [-0.1, -0.05) is 0 Å². The monoisotopic (exact) mass is 262 g/mol. The maximum absolute atomic E-state index is 12.1. The number of aromatic nitrogens is 2. The Morgan fingerprint density at radius 3 is 2.47 bits per heavy atom. The molecule has 5 nitrogen and oxygen atoms in total. The van der Waals surface area contributed by atoms with E-state index in [1.165, 1.54) is 0 Å². The maximum atomic E-state index is 12.1. The number of hydrogen-bond acceptors (Lipinski definition) is 4. The number of hydrogen-bond donors (Lipinski definition) is 2. The standard InChI is InChI=1S/C14H22N4O/c1-13(2)8-10(9-14(3,4)18-13)16-12(19)11-6-5-7-15-17-11/h5-7,10,18H,8-9H2,1-4H3,(H,16,19). The highest BCUT2D eigenvalue weighted by atomic mass is 16.2. The molecule has 0 radical (unpaired) electrons. The van der Waals surface area contributed by atoms with E-state index < -0.39 is 0 Å². The van der Waals surface area contributed by atoms with Crippen LogP contribution >= 0.6 is 0 Å². The molecule has 0 aromatic carbocycles. The predicted octanol–water partition coefficient (Wildman–Crippen LogP) is 1.52. The Labute approximate surface area is 114 Å². The summed E-state index contributed by atoms with van der Waals surface area (Å²) in [5.74, 6) is -0.147. The van der Waals surface area contributed by atoms with Gasteiger partial charge in [-0.25, -0.2) is 0 Å². The number of carbonyl (C=O) groups excluding carboxylic acids is 1. The molecule has 0 atom stereocenters. The number of nitrogens with zero attached hydrogens (tertiary/aromatic N) is 2. The second kappa shape index (κ2) is 4.89. The molecule has 1 aliphatic rings. The SMILES string of the molecule is CC1(C)CC(NC(=O)c2cccnn2)CC(C)(C)N1. The highest BCUT2D eigenvalue weighted by molar-refractivity contribution is 5.92. The molecule has 19 heavy (non-hydrogen) atoms. The average Bonchev–Trinajstić information content (AvgIpc) is 2.25. The summed E-state index contributed by atoms with van der Waals surface area (Å²) in [6.45, 7) is 8.65. The van der Waals surface area contributed by atoms with E-state index in [9.17, 15) is 4.79 Å². The van der Waals surface area contributed by atoms with Crippen molar-refractivity contribution in [3.05, 3.63) is 24.0 Å². The molecule has 0 saturated carbocycles. The number of nitrogens with one attached hydrogen (secondary N) is 2. The first kappa shape index (κ1) is 13.9. The van der Waals surface area contributed by atoms with Crippen molar-refractivity contribution in [3.8, 4) is 0 Å². The predicted molar refractivity (Wildman–Crippen MR) is 73.8 cm³/mol. The molecule has 2 N–H and O–H groups in total. The number of rotatable bonds is 2. The van der Waals surface area contributed by atoms with Gasteiger partial charge in [0.2, 0.25) is 0 Å². The van der Waals surface area contributed by atoms with E-state index in [2.05, 4.69) is 48.5 Å². The molecule has 0 aliphatic carbocycles. The van der Waals surface area contributed by atoms with Crippen LogP contribution in [0.3, 0.4) is 0 Å². The van der Waals surface area contributed by atoms with Crippen LogP contribution in [0.4, 0.5) is 0 Å². The van der Waals surface area contributed by atoms with Crippen molar-refractivity contribution < 1.29 is 4.79 Å². The van der Waals surface area contributed by atoms with Gasteiger partial charge < -0.3 is 10.6 Å². The van der Waals surface area contributed by atoms with Crippen molar-refractivity contribution in [3.63, 3.8) is 0 Å². The maximum Gasteiger partial charge on any atom is 0.272 e. The molecule has 2 heterocycles. The quantitative estimate of drug-likeness (QED) is 0.848. The van der Waals surface area contributed by atoms with E-state index in [1.54, 1.807) is 18.3 Å². The summed E-state index contributed by atoms with van der Waals surface area (Å²) in [7, 11) is 0. The van der Waals surface area contributed by atoms with Gasteiger partial charge in [-0.05, 0) is 52.7 Å². The van der Waals surface area contributed by atoms with Crippen LogP contribution in [0.5, 0.6) is 0 Å². The molecule has 1 aliphatic heterocycles. The van der Waals surface area contributed by atoms with E-state index in [-0.39, 0.29) is 23.0 Å². The minimum Gasteiger partial charge on any atom is -0.348 e. The molecular weight excluding hydrogens is 240 g/mol. The molecule has 104 valence electrons. The van der Waals surface area contributed by atoms with E-state index in [0.29, 0.717) is 5.69 Å². The van der Waals surface area contributed by atoms with Crippen LogP contribution in [-0.2, 0) is 0 Å². The van der Waals surface area contributed by atoms with E-state index in [4.69, 9.17) is 0 Å². The Morgan fingerprint density at radius 2 is 1.95 bits per heavy atom. The Kier molecular flexibility index (Phi) is 3.58. The molecule has 0 bridgehead atoms. The average molecular weight is 262 g/mol. The molecule has 1 amide bonds. The van der Waals surface area contributed by atoms with Crippen LogP contribution in [0, 0.1) is 0 Å². The lowest BCUT2D eigenvalue weighted by molar-refractivity contribution is 0.0867. The van der Waals surface area contributed by atoms with Gasteiger partial charge in [0.05, 0.1) is 0 Å². The van der Waals surface area contributed by atoms with Crippen LogP contribution in [0.15, 0.2) is 18.3 Å². The van der Waals surface area contributed by atoms with Crippen LogP contribution < -0.4 is 10.6 Å². The molecule has 1 saturated heterocycles. The van der Waals surface area contributed by atoms with Gasteiger partial charge in [-0.2, -0.15) is 5.10 Å². The molecule has 5 heteroatoms. The van der Waals surface area contributed by atoms with Gasteiger partial charge in [0.1, 0.15) is 0 Å². The first-order valence-corrected chi connectivity index (χ1v) is 6.65. The fourth-order valence-corrected chi connectivity index (χ4v) is 3.11. The third-order valence-electron chi connectivity index (χ3n) is 3.33. The largest absolute Gasteiger partial charge is 0.348 e. The summed E-state index contributed by atoms with van der Waals surface area (Å²) < 4.78 is 0. The molecule has 0 spiro atoms. The van der Waals surface area contributed by atoms with E-state index >= 15 is 0 Å². The molecule has 0 unspecified atom stereocenters. The van der Waals surface area contributed by atoms with Crippen LogP contribution in [-0.4, -0.2) is 33.2 Å². The normalized spacial score (nSPS) is 21.9. The third kappa shape index (κ3) is 3.73. The van der Waals surface area contributed by atoms with Crippen molar-refractivity contribution in [1.29, 1.82) is 0 Å². The van der Waals surface area contributed by atoms with Crippen molar-refractivity contribution in [2.75, 3.05) is 0 Å². The van der Waals surface area contributed by atoms with Crippen molar-refractivity contribution in [1.82, 2.24) is 20.8 Å². The topological polar surface area (TPSA) is 66.9 Å².